The molecule has 0 saturated carbocycles. The highest BCUT2D eigenvalue weighted by Gasteiger charge is 2.19. The molecular formula is C16H23N3. The molecule has 0 amide bonds. The molecule has 0 aliphatic rings. The van der Waals surface area contributed by atoms with Crippen LogP contribution in [0.25, 0.3) is 0 Å². The number of aryl methyl sites for hydroxylation is 3. The molecule has 102 valence electrons. The molecule has 0 radical (unpaired) electrons. The number of nitrogens with one attached hydrogen (secondary N) is 1. The van der Waals surface area contributed by atoms with Crippen LogP contribution in [-0.2, 0) is 7.05 Å². The van der Waals surface area contributed by atoms with Gasteiger partial charge >= 0.3 is 0 Å². The van der Waals surface area contributed by atoms with Gasteiger partial charge in [-0.2, -0.15) is 5.10 Å². The molecule has 1 aromatic heterocycles. The van der Waals surface area contributed by atoms with Crippen LogP contribution in [0, 0.1) is 13.8 Å². The first-order chi connectivity index (χ1) is 9.13. The van der Waals surface area contributed by atoms with Crippen molar-refractivity contribution in [2.24, 2.45) is 7.05 Å². The van der Waals surface area contributed by atoms with Gasteiger partial charge in [-0.05, 0) is 49.6 Å². The number of hydrogen-bond acceptors (Lipinski definition) is 2. The molecule has 3 nitrogen and oxygen atoms in total. The number of hydrogen-bond donors (Lipinski definition) is 1. The lowest BCUT2D eigenvalue weighted by Crippen LogP contribution is -2.25. The Labute approximate surface area is 115 Å². The highest BCUT2D eigenvalue weighted by Crippen LogP contribution is 2.26. The zero-order valence-electron chi connectivity index (χ0n) is 12.3. The number of benzene rings is 1. The Morgan fingerprint density at radius 1 is 1.21 bits per heavy atom. The topological polar surface area (TPSA) is 29.9 Å². The maximum absolute atomic E-state index is 4.58. The van der Waals surface area contributed by atoms with E-state index in [9.17, 15) is 0 Å². The summed E-state index contributed by atoms with van der Waals surface area (Å²) in [5.41, 5.74) is 5.08. The van der Waals surface area contributed by atoms with Gasteiger partial charge < -0.3 is 5.32 Å². The Balaban J connectivity index is 2.42. The van der Waals surface area contributed by atoms with E-state index in [1.54, 1.807) is 0 Å². The van der Waals surface area contributed by atoms with E-state index >= 15 is 0 Å². The Morgan fingerprint density at radius 2 is 1.89 bits per heavy atom. The second-order valence-corrected chi connectivity index (χ2v) is 5.11. The quantitative estimate of drug-likeness (QED) is 0.892. The Bertz CT molecular complexity index is 522. The molecule has 1 unspecified atom stereocenters. The zero-order valence-corrected chi connectivity index (χ0v) is 12.3. The molecule has 0 saturated heterocycles. The van der Waals surface area contributed by atoms with Crippen molar-refractivity contribution in [1.29, 1.82) is 0 Å². The van der Waals surface area contributed by atoms with Gasteiger partial charge in [0.05, 0.1) is 11.7 Å². The maximum atomic E-state index is 4.58. The van der Waals surface area contributed by atoms with Crippen molar-refractivity contribution in [2.45, 2.75) is 33.2 Å². The summed E-state index contributed by atoms with van der Waals surface area (Å²) in [4.78, 5) is 0. The minimum atomic E-state index is 0.183. The largest absolute Gasteiger partial charge is 0.305 e. The van der Waals surface area contributed by atoms with Crippen LogP contribution in [0.4, 0.5) is 0 Å². The predicted octanol–water partition coefficient (Wildman–Crippen LogP) is 3.13. The number of rotatable bonds is 5. The fraction of sp³-hybridized carbons (Fsp3) is 0.438. The monoisotopic (exact) mass is 257 g/mol. The van der Waals surface area contributed by atoms with Crippen molar-refractivity contribution in [1.82, 2.24) is 15.1 Å². The third-order valence-electron chi connectivity index (χ3n) is 3.46. The van der Waals surface area contributed by atoms with Crippen LogP contribution in [0.15, 0.2) is 30.5 Å². The first kappa shape index (κ1) is 13.8. The third kappa shape index (κ3) is 3.04. The van der Waals surface area contributed by atoms with Crippen LogP contribution >= 0.6 is 0 Å². The van der Waals surface area contributed by atoms with Crippen LogP contribution in [0.3, 0.4) is 0 Å². The maximum Gasteiger partial charge on any atom is 0.0839 e. The van der Waals surface area contributed by atoms with Gasteiger partial charge in [-0.3, -0.25) is 4.68 Å². The lowest BCUT2D eigenvalue weighted by molar-refractivity contribution is 0.571. The molecule has 2 rings (SSSR count). The van der Waals surface area contributed by atoms with E-state index in [0.29, 0.717) is 0 Å². The summed E-state index contributed by atoms with van der Waals surface area (Å²) in [5.74, 6) is 0. The molecule has 1 N–H and O–H groups in total. The van der Waals surface area contributed by atoms with Gasteiger partial charge in [-0.1, -0.05) is 25.1 Å². The fourth-order valence-electron chi connectivity index (χ4n) is 2.51. The molecule has 3 heteroatoms. The smallest absolute Gasteiger partial charge is 0.0839 e. The molecule has 1 heterocycles. The second-order valence-electron chi connectivity index (χ2n) is 5.11. The van der Waals surface area contributed by atoms with Gasteiger partial charge in [0.15, 0.2) is 0 Å². The summed E-state index contributed by atoms with van der Waals surface area (Å²) in [6.07, 6.45) is 3.12. The Morgan fingerprint density at radius 3 is 2.42 bits per heavy atom. The summed E-state index contributed by atoms with van der Waals surface area (Å²) in [6.45, 7) is 7.53. The van der Waals surface area contributed by atoms with Crippen molar-refractivity contribution >= 4 is 0 Å². The number of nitrogens with zero attached hydrogens (tertiary/aromatic N) is 2. The molecular weight excluding hydrogens is 234 g/mol. The molecule has 2 aromatic rings. The van der Waals surface area contributed by atoms with E-state index < -0.39 is 0 Å². The normalized spacial score (nSPS) is 12.6. The summed E-state index contributed by atoms with van der Waals surface area (Å²) in [5, 5.41) is 8.20. The van der Waals surface area contributed by atoms with Crippen LogP contribution in [0.5, 0.6) is 0 Å². The lowest BCUT2D eigenvalue weighted by Gasteiger charge is -2.21. The van der Waals surface area contributed by atoms with E-state index in [-0.39, 0.29) is 6.04 Å². The SMILES string of the molecule is CCCNC(c1ccn(C)n1)c1c(C)cccc1C. The van der Waals surface area contributed by atoms with Gasteiger partial charge in [0.2, 0.25) is 0 Å². The minimum Gasteiger partial charge on any atom is -0.305 e. The molecule has 1 atom stereocenters. The predicted molar refractivity (Wildman–Crippen MR) is 79.3 cm³/mol. The van der Waals surface area contributed by atoms with Crippen LogP contribution in [0.2, 0.25) is 0 Å². The van der Waals surface area contributed by atoms with Gasteiger partial charge in [0.25, 0.3) is 0 Å². The van der Waals surface area contributed by atoms with E-state index in [1.807, 2.05) is 17.9 Å². The minimum absolute atomic E-state index is 0.183. The Hall–Kier alpha value is -1.61. The molecule has 19 heavy (non-hydrogen) atoms. The van der Waals surface area contributed by atoms with E-state index in [2.05, 4.69) is 55.5 Å². The van der Waals surface area contributed by atoms with Crippen molar-refractivity contribution < 1.29 is 0 Å². The summed E-state index contributed by atoms with van der Waals surface area (Å²) < 4.78 is 1.86. The summed E-state index contributed by atoms with van der Waals surface area (Å²) in [6, 6.07) is 8.74. The van der Waals surface area contributed by atoms with Crippen LogP contribution in [0.1, 0.15) is 41.8 Å². The summed E-state index contributed by atoms with van der Waals surface area (Å²) in [7, 11) is 1.96. The van der Waals surface area contributed by atoms with E-state index in [4.69, 9.17) is 0 Å². The van der Waals surface area contributed by atoms with Gasteiger partial charge in [-0.25, -0.2) is 0 Å². The standard InChI is InChI=1S/C16H23N3/c1-5-10-17-16(14-9-11-19(4)18-14)15-12(2)7-6-8-13(15)3/h6-9,11,16-17H,5,10H2,1-4H3. The van der Waals surface area contributed by atoms with Crippen molar-refractivity contribution in [3.8, 4) is 0 Å². The fourth-order valence-corrected chi connectivity index (χ4v) is 2.51. The second kappa shape index (κ2) is 6.02. The van der Waals surface area contributed by atoms with Gasteiger partial charge in [-0.15, -0.1) is 0 Å². The first-order valence-corrected chi connectivity index (χ1v) is 6.92. The van der Waals surface area contributed by atoms with Crippen LogP contribution in [-0.4, -0.2) is 16.3 Å². The van der Waals surface area contributed by atoms with Gasteiger partial charge in [0.1, 0.15) is 0 Å². The van der Waals surface area contributed by atoms with E-state index in [0.717, 1.165) is 18.7 Å². The zero-order chi connectivity index (χ0) is 13.8. The van der Waals surface area contributed by atoms with Crippen molar-refractivity contribution in [3.05, 3.63) is 52.8 Å². The average Bonchev–Trinajstić information content (AvgIpc) is 2.79. The molecule has 1 aromatic carbocycles. The highest BCUT2D eigenvalue weighted by atomic mass is 15.3. The summed E-state index contributed by atoms with van der Waals surface area (Å²) >= 11 is 0. The molecule has 0 spiro atoms. The molecule has 0 fully saturated rings. The highest BCUT2D eigenvalue weighted by molar-refractivity contribution is 5.40. The third-order valence-corrected chi connectivity index (χ3v) is 3.46. The van der Waals surface area contributed by atoms with Crippen molar-refractivity contribution in [3.63, 3.8) is 0 Å². The lowest BCUT2D eigenvalue weighted by atomic mass is 9.94. The molecule has 0 aliphatic heterocycles. The molecule has 0 bridgehead atoms. The van der Waals surface area contributed by atoms with Crippen LogP contribution < -0.4 is 5.32 Å². The molecule has 0 aliphatic carbocycles. The van der Waals surface area contributed by atoms with E-state index in [1.165, 1.54) is 16.7 Å². The van der Waals surface area contributed by atoms with Crippen molar-refractivity contribution in [2.75, 3.05) is 6.54 Å². The number of aromatic nitrogens is 2. The van der Waals surface area contributed by atoms with Gasteiger partial charge in [0, 0.05) is 13.2 Å². The average molecular weight is 257 g/mol. The first-order valence-electron chi connectivity index (χ1n) is 6.92. The Kier molecular flexibility index (Phi) is 4.38.